The van der Waals surface area contributed by atoms with E-state index in [9.17, 15) is 4.79 Å². The molecule has 18 heavy (non-hydrogen) atoms. The van der Waals surface area contributed by atoms with Crippen LogP contribution in [0.25, 0.3) is 0 Å². The number of benzene rings is 1. The van der Waals surface area contributed by atoms with Crippen molar-refractivity contribution in [3.8, 4) is 0 Å². The van der Waals surface area contributed by atoms with E-state index in [0.717, 1.165) is 25.9 Å². The van der Waals surface area contributed by atoms with Crippen LogP contribution in [-0.2, 0) is 17.8 Å². The molecule has 98 valence electrons. The summed E-state index contributed by atoms with van der Waals surface area (Å²) in [4.78, 5) is 11.8. The van der Waals surface area contributed by atoms with E-state index in [1.807, 2.05) is 0 Å². The summed E-state index contributed by atoms with van der Waals surface area (Å²) in [5.74, 6) is 0.335. The predicted octanol–water partition coefficient (Wildman–Crippen LogP) is 1.86. The van der Waals surface area contributed by atoms with E-state index >= 15 is 0 Å². The highest BCUT2D eigenvalue weighted by molar-refractivity contribution is 5.79. The van der Waals surface area contributed by atoms with Gasteiger partial charge in [-0.3, -0.25) is 4.79 Å². The highest BCUT2D eigenvalue weighted by Crippen LogP contribution is 2.09. The van der Waals surface area contributed by atoms with Gasteiger partial charge in [0.25, 0.3) is 0 Å². The van der Waals surface area contributed by atoms with Crippen LogP contribution in [0.2, 0.25) is 0 Å². The van der Waals surface area contributed by atoms with Crippen molar-refractivity contribution in [2.24, 2.45) is 5.92 Å². The SMILES string of the molecule is CCCc1ccc(CNC(=O)C2CCNC2)cc1. The maximum absolute atomic E-state index is 11.8. The molecule has 0 radical (unpaired) electrons. The number of amides is 1. The Balaban J connectivity index is 1.80. The van der Waals surface area contributed by atoms with Crippen molar-refractivity contribution in [2.45, 2.75) is 32.7 Å². The van der Waals surface area contributed by atoms with Gasteiger partial charge in [-0.2, -0.15) is 0 Å². The third-order valence-electron chi connectivity index (χ3n) is 3.46. The van der Waals surface area contributed by atoms with E-state index in [-0.39, 0.29) is 11.8 Å². The van der Waals surface area contributed by atoms with E-state index in [1.165, 1.54) is 17.5 Å². The van der Waals surface area contributed by atoms with E-state index in [0.29, 0.717) is 6.54 Å². The highest BCUT2D eigenvalue weighted by atomic mass is 16.1. The number of carbonyl (C=O) groups excluding carboxylic acids is 1. The van der Waals surface area contributed by atoms with Crippen molar-refractivity contribution in [2.75, 3.05) is 13.1 Å². The molecule has 0 spiro atoms. The summed E-state index contributed by atoms with van der Waals surface area (Å²) < 4.78 is 0. The quantitative estimate of drug-likeness (QED) is 0.832. The third kappa shape index (κ3) is 3.57. The average Bonchev–Trinajstić information content (AvgIpc) is 2.92. The molecular weight excluding hydrogens is 224 g/mol. The Hall–Kier alpha value is -1.35. The topological polar surface area (TPSA) is 41.1 Å². The first kappa shape index (κ1) is 13.1. The molecule has 1 aliphatic rings. The average molecular weight is 246 g/mol. The molecule has 1 fully saturated rings. The minimum atomic E-state index is 0.157. The maximum Gasteiger partial charge on any atom is 0.224 e. The van der Waals surface area contributed by atoms with Crippen molar-refractivity contribution in [3.05, 3.63) is 35.4 Å². The Bertz CT molecular complexity index is 380. The molecule has 3 heteroatoms. The molecule has 0 aliphatic carbocycles. The number of carbonyl (C=O) groups is 1. The van der Waals surface area contributed by atoms with Crippen molar-refractivity contribution in [3.63, 3.8) is 0 Å². The van der Waals surface area contributed by atoms with E-state index in [1.54, 1.807) is 0 Å². The Morgan fingerprint density at radius 3 is 2.67 bits per heavy atom. The van der Waals surface area contributed by atoms with Crippen molar-refractivity contribution in [1.82, 2.24) is 10.6 Å². The molecule has 1 amide bonds. The van der Waals surface area contributed by atoms with Crippen LogP contribution in [0.3, 0.4) is 0 Å². The second kappa shape index (κ2) is 6.55. The predicted molar refractivity (Wildman–Crippen MR) is 73.3 cm³/mol. The lowest BCUT2D eigenvalue weighted by atomic mass is 10.1. The molecule has 1 unspecified atom stereocenters. The zero-order valence-electron chi connectivity index (χ0n) is 11.0. The summed E-state index contributed by atoms with van der Waals surface area (Å²) in [6, 6.07) is 8.53. The van der Waals surface area contributed by atoms with Crippen molar-refractivity contribution >= 4 is 5.91 Å². The first-order valence-electron chi connectivity index (χ1n) is 6.86. The monoisotopic (exact) mass is 246 g/mol. The van der Waals surface area contributed by atoms with Crippen LogP contribution in [0.5, 0.6) is 0 Å². The molecule has 2 rings (SSSR count). The fourth-order valence-corrected chi connectivity index (χ4v) is 2.32. The number of rotatable bonds is 5. The Morgan fingerprint density at radius 1 is 1.33 bits per heavy atom. The Morgan fingerprint density at radius 2 is 2.06 bits per heavy atom. The zero-order valence-corrected chi connectivity index (χ0v) is 11.0. The molecule has 1 aliphatic heterocycles. The lowest BCUT2D eigenvalue weighted by molar-refractivity contribution is -0.124. The lowest BCUT2D eigenvalue weighted by Crippen LogP contribution is -2.31. The first-order valence-corrected chi connectivity index (χ1v) is 6.86. The van der Waals surface area contributed by atoms with Gasteiger partial charge in [-0.25, -0.2) is 0 Å². The van der Waals surface area contributed by atoms with Crippen LogP contribution < -0.4 is 10.6 Å². The summed E-state index contributed by atoms with van der Waals surface area (Å²) >= 11 is 0. The van der Waals surface area contributed by atoms with Crippen molar-refractivity contribution < 1.29 is 4.79 Å². The van der Waals surface area contributed by atoms with Gasteiger partial charge < -0.3 is 10.6 Å². The number of hydrogen-bond donors (Lipinski definition) is 2. The molecule has 3 nitrogen and oxygen atoms in total. The van der Waals surface area contributed by atoms with Crippen LogP contribution in [0, 0.1) is 5.92 Å². The summed E-state index contributed by atoms with van der Waals surface area (Å²) in [6.07, 6.45) is 3.26. The molecule has 1 atom stereocenters. The third-order valence-corrected chi connectivity index (χ3v) is 3.46. The minimum Gasteiger partial charge on any atom is -0.352 e. The molecule has 1 aromatic rings. The molecular formula is C15H22N2O. The van der Waals surface area contributed by atoms with E-state index in [4.69, 9.17) is 0 Å². The summed E-state index contributed by atoms with van der Waals surface area (Å²) in [5.41, 5.74) is 2.54. The van der Waals surface area contributed by atoms with Gasteiger partial charge >= 0.3 is 0 Å². The van der Waals surface area contributed by atoms with Crippen LogP contribution >= 0.6 is 0 Å². The van der Waals surface area contributed by atoms with Gasteiger partial charge in [0.2, 0.25) is 5.91 Å². The summed E-state index contributed by atoms with van der Waals surface area (Å²) in [5, 5.41) is 6.23. The normalized spacial score (nSPS) is 18.8. The van der Waals surface area contributed by atoms with Gasteiger partial charge in [0.15, 0.2) is 0 Å². The highest BCUT2D eigenvalue weighted by Gasteiger charge is 2.21. The maximum atomic E-state index is 11.8. The second-order valence-electron chi connectivity index (χ2n) is 4.97. The van der Waals surface area contributed by atoms with Crippen LogP contribution in [-0.4, -0.2) is 19.0 Å². The molecule has 1 aromatic carbocycles. The van der Waals surface area contributed by atoms with Crippen LogP contribution in [0.1, 0.15) is 30.9 Å². The molecule has 0 aromatic heterocycles. The summed E-state index contributed by atoms with van der Waals surface area (Å²) in [7, 11) is 0. The van der Waals surface area contributed by atoms with Crippen LogP contribution in [0.15, 0.2) is 24.3 Å². The first-order chi connectivity index (χ1) is 8.79. The van der Waals surface area contributed by atoms with Gasteiger partial charge in [0.05, 0.1) is 5.92 Å². The van der Waals surface area contributed by atoms with E-state index in [2.05, 4.69) is 41.8 Å². The van der Waals surface area contributed by atoms with Crippen molar-refractivity contribution in [1.29, 1.82) is 0 Å². The van der Waals surface area contributed by atoms with Gasteiger partial charge in [0.1, 0.15) is 0 Å². The molecule has 0 bridgehead atoms. The Kier molecular flexibility index (Phi) is 4.76. The number of aryl methyl sites for hydroxylation is 1. The van der Waals surface area contributed by atoms with Gasteiger partial charge in [-0.15, -0.1) is 0 Å². The number of nitrogens with one attached hydrogen (secondary N) is 2. The zero-order chi connectivity index (χ0) is 12.8. The fourth-order valence-electron chi connectivity index (χ4n) is 2.32. The fraction of sp³-hybridized carbons (Fsp3) is 0.533. The minimum absolute atomic E-state index is 0.157. The molecule has 1 heterocycles. The smallest absolute Gasteiger partial charge is 0.224 e. The standard InChI is InChI=1S/C15H22N2O/c1-2-3-12-4-6-13(7-5-12)10-17-15(18)14-8-9-16-11-14/h4-7,14,16H,2-3,8-11H2,1H3,(H,17,18). The Labute approximate surface area is 109 Å². The molecule has 0 saturated carbocycles. The molecule has 1 saturated heterocycles. The van der Waals surface area contributed by atoms with E-state index < -0.39 is 0 Å². The van der Waals surface area contributed by atoms with Crippen LogP contribution in [0.4, 0.5) is 0 Å². The van der Waals surface area contributed by atoms with Gasteiger partial charge in [0, 0.05) is 13.1 Å². The summed E-state index contributed by atoms with van der Waals surface area (Å²) in [6.45, 7) is 4.61. The second-order valence-corrected chi connectivity index (χ2v) is 4.97. The lowest BCUT2D eigenvalue weighted by Gasteiger charge is -2.10. The largest absolute Gasteiger partial charge is 0.352 e. The van der Waals surface area contributed by atoms with Gasteiger partial charge in [-0.1, -0.05) is 37.6 Å². The number of hydrogen-bond acceptors (Lipinski definition) is 2. The molecule has 2 N–H and O–H groups in total. The van der Waals surface area contributed by atoms with Gasteiger partial charge in [-0.05, 0) is 30.5 Å².